The Hall–Kier alpha value is -5.17. The third-order valence-electron chi connectivity index (χ3n) is 7.22. The molecule has 1 amide bonds. The second-order valence-electron chi connectivity index (χ2n) is 9.95. The minimum Gasteiger partial charge on any atom is -0.473 e. The summed E-state index contributed by atoms with van der Waals surface area (Å²) in [5.41, 5.74) is -0.127. The number of carbonyl (C=O) groups is 1. The zero-order valence-corrected chi connectivity index (χ0v) is 23.1. The molecule has 5 aromatic rings. The van der Waals surface area contributed by atoms with Crippen molar-refractivity contribution in [3.05, 3.63) is 94.5 Å². The van der Waals surface area contributed by atoms with Gasteiger partial charge in [0.1, 0.15) is 28.6 Å². The number of carbonyl (C=O) groups excluding carboxylic acids is 1. The van der Waals surface area contributed by atoms with Crippen molar-refractivity contribution in [1.29, 1.82) is 0 Å². The summed E-state index contributed by atoms with van der Waals surface area (Å²) in [5.74, 6) is -1.46. The van der Waals surface area contributed by atoms with Crippen LogP contribution in [-0.2, 0) is 0 Å². The van der Waals surface area contributed by atoms with Gasteiger partial charge in [-0.05, 0) is 61.9 Å². The number of aromatic nitrogens is 5. The van der Waals surface area contributed by atoms with E-state index in [1.165, 1.54) is 54.9 Å². The largest absolute Gasteiger partial charge is 0.473 e. The molecule has 0 spiro atoms. The Morgan fingerprint density at radius 3 is 2.58 bits per heavy atom. The second-order valence-corrected chi connectivity index (χ2v) is 9.95. The molecular weight excluding hydrogens is 560 g/mol. The van der Waals surface area contributed by atoms with E-state index in [4.69, 9.17) is 9.47 Å². The number of benzene rings is 2. The van der Waals surface area contributed by atoms with Gasteiger partial charge < -0.3 is 19.7 Å². The lowest BCUT2D eigenvalue weighted by Gasteiger charge is -2.30. The number of anilines is 1. The molecule has 0 aliphatic carbocycles. The molecule has 1 saturated heterocycles. The van der Waals surface area contributed by atoms with Gasteiger partial charge in [0.2, 0.25) is 5.88 Å². The van der Waals surface area contributed by atoms with E-state index in [2.05, 4.69) is 37.4 Å². The van der Waals surface area contributed by atoms with E-state index in [-0.39, 0.29) is 28.8 Å². The van der Waals surface area contributed by atoms with Gasteiger partial charge in [0.25, 0.3) is 11.5 Å². The summed E-state index contributed by atoms with van der Waals surface area (Å²) in [6.45, 7) is 5.00. The van der Waals surface area contributed by atoms with Crippen molar-refractivity contribution in [2.75, 3.05) is 25.0 Å². The number of halogens is 2. The Morgan fingerprint density at radius 1 is 1.05 bits per heavy atom. The number of piperidine rings is 1. The van der Waals surface area contributed by atoms with Crippen LogP contribution in [0.5, 0.6) is 17.4 Å². The summed E-state index contributed by atoms with van der Waals surface area (Å²) in [4.78, 5) is 32.5. The van der Waals surface area contributed by atoms with E-state index in [1.807, 2.05) is 0 Å². The number of rotatable bonds is 8. The van der Waals surface area contributed by atoms with E-state index < -0.39 is 23.1 Å². The molecule has 3 aromatic heterocycles. The molecule has 1 aliphatic heterocycles. The van der Waals surface area contributed by atoms with Gasteiger partial charge in [0, 0.05) is 43.3 Å². The Morgan fingerprint density at radius 2 is 1.84 bits per heavy atom. The van der Waals surface area contributed by atoms with Crippen LogP contribution in [0.2, 0.25) is 0 Å². The molecule has 2 N–H and O–H groups in total. The summed E-state index contributed by atoms with van der Waals surface area (Å²) >= 11 is 0. The Bertz CT molecular complexity index is 1830. The first kappa shape index (κ1) is 28.0. The average Bonchev–Trinajstić information content (AvgIpc) is 3.43. The Balaban J connectivity index is 1.18. The van der Waals surface area contributed by atoms with E-state index >= 15 is 4.39 Å². The average molecular weight is 588 g/mol. The molecule has 6 rings (SSSR count). The summed E-state index contributed by atoms with van der Waals surface area (Å²) < 4.78 is 41.6. The van der Waals surface area contributed by atoms with Gasteiger partial charge in [-0.1, -0.05) is 6.92 Å². The highest BCUT2D eigenvalue weighted by Crippen LogP contribution is 2.36. The summed E-state index contributed by atoms with van der Waals surface area (Å²) in [6.07, 6.45) is 4.50. The number of aromatic amines is 1. The van der Waals surface area contributed by atoms with E-state index in [1.54, 1.807) is 6.07 Å². The van der Waals surface area contributed by atoms with Crippen LogP contribution in [0.15, 0.2) is 71.8 Å². The van der Waals surface area contributed by atoms with Gasteiger partial charge in [-0.3, -0.25) is 14.7 Å². The van der Waals surface area contributed by atoms with Crippen LogP contribution in [0.25, 0.3) is 16.7 Å². The Kier molecular flexibility index (Phi) is 7.79. The van der Waals surface area contributed by atoms with Crippen molar-refractivity contribution >= 4 is 22.6 Å². The quantitative estimate of drug-likeness (QED) is 0.268. The molecule has 220 valence electrons. The number of H-pyrrole nitrogens is 1. The normalized spacial score (nSPS) is 14.1. The molecule has 1 fully saturated rings. The number of nitrogens with zero attached hydrogens (tertiary/aromatic N) is 5. The lowest BCUT2D eigenvalue weighted by atomic mass is 10.1. The maximum absolute atomic E-state index is 15.2. The van der Waals surface area contributed by atoms with Crippen molar-refractivity contribution in [3.63, 3.8) is 0 Å². The first-order valence-corrected chi connectivity index (χ1v) is 13.7. The molecular formula is C30H27F2N7O4. The lowest BCUT2D eigenvalue weighted by Crippen LogP contribution is -2.38. The van der Waals surface area contributed by atoms with Crippen LogP contribution in [0.4, 0.5) is 14.5 Å². The summed E-state index contributed by atoms with van der Waals surface area (Å²) in [6, 6.07) is 11.8. The topological polar surface area (TPSA) is 127 Å². The first-order chi connectivity index (χ1) is 20.9. The van der Waals surface area contributed by atoms with Crippen LogP contribution in [0, 0.1) is 11.6 Å². The highest BCUT2D eigenvalue weighted by Gasteiger charge is 2.23. The number of nitrogens with one attached hydrogen (secondary N) is 2. The standard InChI is InChI=1S/C30H27F2N7O4/c1-2-38-15-11-21(12-16-38)42-29-26-25(10-13-33-27(26)36-37-29)43-24-8-5-19(17-23(24)32)35-28(40)22-9-14-34-39(30(22)41)20-6-3-18(31)4-7-20/h3-10,13-14,17,21H,2,11-12,15-16H2,1H3,(H,35,40)(H,33,36,37). The molecule has 43 heavy (non-hydrogen) atoms. The van der Waals surface area contributed by atoms with Crippen molar-refractivity contribution in [2.45, 2.75) is 25.9 Å². The molecule has 0 bridgehead atoms. The molecule has 0 saturated carbocycles. The number of pyridine rings is 1. The predicted octanol–water partition coefficient (Wildman–Crippen LogP) is 4.69. The zero-order valence-electron chi connectivity index (χ0n) is 23.1. The molecule has 4 heterocycles. The number of fused-ring (bicyclic) bond motifs is 1. The fourth-order valence-electron chi connectivity index (χ4n) is 4.90. The highest BCUT2D eigenvalue weighted by atomic mass is 19.1. The van der Waals surface area contributed by atoms with Crippen LogP contribution >= 0.6 is 0 Å². The van der Waals surface area contributed by atoms with Crippen molar-refractivity contribution in [3.8, 4) is 23.1 Å². The van der Waals surface area contributed by atoms with E-state index in [0.29, 0.717) is 22.7 Å². The lowest BCUT2D eigenvalue weighted by molar-refractivity contribution is 0.101. The van der Waals surface area contributed by atoms with Gasteiger partial charge in [0.15, 0.2) is 17.2 Å². The number of amides is 1. The fourth-order valence-corrected chi connectivity index (χ4v) is 4.90. The maximum atomic E-state index is 15.2. The molecule has 2 aromatic carbocycles. The van der Waals surface area contributed by atoms with Gasteiger partial charge >= 0.3 is 0 Å². The molecule has 0 atom stereocenters. The summed E-state index contributed by atoms with van der Waals surface area (Å²) in [7, 11) is 0. The third-order valence-corrected chi connectivity index (χ3v) is 7.22. The monoisotopic (exact) mass is 587 g/mol. The maximum Gasteiger partial charge on any atom is 0.284 e. The van der Waals surface area contributed by atoms with E-state index in [0.717, 1.165) is 43.2 Å². The highest BCUT2D eigenvalue weighted by molar-refractivity contribution is 6.04. The van der Waals surface area contributed by atoms with Gasteiger partial charge in [-0.25, -0.2) is 13.8 Å². The number of likely N-dealkylation sites (tertiary alicyclic amines) is 1. The minimum absolute atomic E-state index is 0.0119. The fraction of sp³-hybridized carbons (Fsp3) is 0.233. The smallest absolute Gasteiger partial charge is 0.284 e. The molecule has 0 radical (unpaired) electrons. The van der Waals surface area contributed by atoms with Crippen molar-refractivity contribution < 1.29 is 23.0 Å². The Labute approximate surface area is 244 Å². The van der Waals surface area contributed by atoms with Crippen LogP contribution < -0.4 is 20.3 Å². The first-order valence-electron chi connectivity index (χ1n) is 13.7. The van der Waals surface area contributed by atoms with Crippen LogP contribution in [-0.4, -0.2) is 61.5 Å². The number of hydrogen-bond acceptors (Lipinski definition) is 8. The summed E-state index contributed by atoms with van der Waals surface area (Å²) in [5, 5.41) is 14.1. The molecule has 11 nitrogen and oxygen atoms in total. The van der Waals surface area contributed by atoms with Crippen LogP contribution in [0.3, 0.4) is 0 Å². The second kappa shape index (κ2) is 12.0. The molecule has 0 unspecified atom stereocenters. The van der Waals surface area contributed by atoms with Crippen molar-refractivity contribution in [1.82, 2.24) is 29.9 Å². The number of ether oxygens (including phenoxy) is 2. The predicted molar refractivity (Wildman–Crippen MR) is 154 cm³/mol. The van der Waals surface area contributed by atoms with Crippen molar-refractivity contribution in [2.24, 2.45) is 0 Å². The molecule has 13 heteroatoms. The van der Waals surface area contributed by atoms with Crippen LogP contribution in [0.1, 0.15) is 30.1 Å². The third kappa shape index (κ3) is 5.93. The molecule has 1 aliphatic rings. The SMILES string of the molecule is CCN1CCC(Oc2n[nH]c3nccc(Oc4ccc(NC(=O)c5ccnn(-c6ccc(F)cc6)c5=O)cc4F)c23)CC1. The van der Waals surface area contributed by atoms with Gasteiger partial charge in [0.05, 0.1) is 5.69 Å². The minimum atomic E-state index is -0.767. The van der Waals surface area contributed by atoms with E-state index in [9.17, 15) is 14.0 Å². The van der Waals surface area contributed by atoms with Gasteiger partial charge in [-0.2, -0.15) is 9.78 Å². The van der Waals surface area contributed by atoms with Gasteiger partial charge in [-0.15, -0.1) is 5.10 Å². The zero-order chi connectivity index (χ0) is 29.9. The number of hydrogen-bond donors (Lipinski definition) is 2.